The van der Waals surface area contributed by atoms with Crippen LogP contribution in [0.25, 0.3) is 0 Å². The van der Waals surface area contributed by atoms with Gasteiger partial charge in [-0.05, 0) is 14.0 Å². The van der Waals surface area contributed by atoms with Gasteiger partial charge in [0.05, 0.1) is 6.54 Å². The van der Waals surface area contributed by atoms with Crippen molar-refractivity contribution in [2.45, 2.75) is 19.5 Å². The van der Waals surface area contributed by atoms with Crippen LogP contribution in [0.2, 0.25) is 0 Å². The highest BCUT2D eigenvalue weighted by Gasteiger charge is 2.25. The molecule has 1 aromatic rings. The van der Waals surface area contributed by atoms with Crippen LogP contribution < -0.4 is 5.32 Å². The summed E-state index contributed by atoms with van der Waals surface area (Å²) in [6.45, 7) is 4.69. The van der Waals surface area contributed by atoms with E-state index in [-0.39, 0.29) is 24.3 Å². The van der Waals surface area contributed by atoms with Crippen molar-refractivity contribution >= 4 is 23.3 Å². The number of carbonyl (C=O) groups excluding carboxylic acids is 1. The summed E-state index contributed by atoms with van der Waals surface area (Å²) in [7, 11) is 2.04. The zero-order chi connectivity index (χ0) is 14.7. The van der Waals surface area contributed by atoms with E-state index in [1.54, 1.807) is 4.90 Å². The molecule has 8 heteroatoms. The van der Waals surface area contributed by atoms with E-state index >= 15 is 0 Å². The Kier molecular flexibility index (Phi) is 4.56. The molecular formula is C12H18N4O3S. The molecule has 0 aromatic carbocycles. The van der Waals surface area contributed by atoms with E-state index in [0.717, 1.165) is 13.1 Å². The van der Waals surface area contributed by atoms with E-state index in [2.05, 4.69) is 15.2 Å². The molecule has 20 heavy (non-hydrogen) atoms. The van der Waals surface area contributed by atoms with Crippen LogP contribution in [0.1, 0.15) is 22.4 Å². The number of likely N-dealkylation sites (N-methyl/N-ethyl adjacent to an activating group) is 1. The molecule has 0 aliphatic carbocycles. The number of carboxylic acids is 1. The number of rotatable bonds is 3. The second-order valence-corrected chi connectivity index (χ2v) is 5.84. The first kappa shape index (κ1) is 14.7. The van der Waals surface area contributed by atoms with Gasteiger partial charge in [0.25, 0.3) is 0 Å². The highest BCUT2D eigenvalue weighted by atomic mass is 32.1. The first-order chi connectivity index (χ1) is 9.47. The smallest absolute Gasteiger partial charge is 0.355 e. The van der Waals surface area contributed by atoms with E-state index in [0.29, 0.717) is 11.6 Å². The van der Waals surface area contributed by atoms with Crippen LogP contribution in [0.3, 0.4) is 0 Å². The number of hydrogen-bond donors (Lipinski definition) is 2. The fourth-order valence-corrected chi connectivity index (χ4v) is 2.89. The van der Waals surface area contributed by atoms with Crippen LogP contribution in [0, 0.1) is 0 Å². The van der Waals surface area contributed by atoms with Gasteiger partial charge >= 0.3 is 12.0 Å². The summed E-state index contributed by atoms with van der Waals surface area (Å²) in [6.07, 6.45) is 0. The summed E-state index contributed by atoms with van der Waals surface area (Å²) >= 11 is 1.23. The van der Waals surface area contributed by atoms with Gasteiger partial charge in [-0.15, -0.1) is 11.3 Å². The number of nitrogens with zero attached hydrogens (tertiary/aromatic N) is 3. The maximum atomic E-state index is 12.1. The van der Waals surface area contributed by atoms with E-state index in [4.69, 9.17) is 5.11 Å². The Morgan fingerprint density at radius 2 is 2.30 bits per heavy atom. The lowest BCUT2D eigenvalue weighted by Gasteiger charge is -2.38. The molecular weight excluding hydrogens is 280 g/mol. The van der Waals surface area contributed by atoms with Crippen molar-refractivity contribution in [2.75, 3.05) is 26.7 Å². The molecule has 1 unspecified atom stereocenters. The molecule has 7 nitrogen and oxygen atoms in total. The predicted molar refractivity (Wildman–Crippen MR) is 75.0 cm³/mol. The summed E-state index contributed by atoms with van der Waals surface area (Å²) in [5.41, 5.74) is 0.0206. The average molecular weight is 298 g/mol. The van der Waals surface area contributed by atoms with Gasteiger partial charge in [0, 0.05) is 31.1 Å². The molecule has 0 radical (unpaired) electrons. The fraction of sp³-hybridized carbons (Fsp3) is 0.583. The molecule has 0 spiro atoms. The number of amides is 2. The van der Waals surface area contributed by atoms with E-state index in [9.17, 15) is 9.59 Å². The molecule has 1 fully saturated rings. The molecule has 1 atom stereocenters. The highest BCUT2D eigenvalue weighted by Crippen LogP contribution is 2.11. The van der Waals surface area contributed by atoms with Crippen molar-refractivity contribution in [3.8, 4) is 0 Å². The third kappa shape index (κ3) is 3.45. The second-order valence-electron chi connectivity index (χ2n) is 4.90. The fourth-order valence-electron chi connectivity index (χ4n) is 2.18. The third-order valence-electron chi connectivity index (χ3n) is 3.25. The number of carboxylic acid groups (broad SMARTS) is 1. The molecule has 1 aliphatic rings. The normalized spacial score (nSPS) is 19.9. The summed E-state index contributed by atoms with van der Waals surface area (Å²) < 4.78 is 0. The van der Waals surface area contributed by atoms with Crippen LogP contribution in [0.4, 0.5) is 4.79 Å². The Bertz CT molecular complexity index is 505. The molecule has 0 bridgehead atoms. The maximum absolute atomic E-state index is 12.1. The van der Waals surface area contributed by atoms with Crippen LogP contribution >= 0.6 is 11.3 Å². The monoisotopic (exact) mass is 298 g/mol. The molecule has 1 saturated heterocycles. The van der Waals surface area contributed by atoms with Gasteiger partial charge in [-0.3, -0.25) is 0 Å². The van der Waals surface area contributed by atoms with Crippen LogP contribution in [0.5, 0.6) is 0 Å². The molecule has 110 valence electrons. The van der Waals surface area contributed by atoms with Gasteiger partial charge in [-0.1, -0.05) is 0 Å². The lowest BCUT2D eigenvalue weighted by atomic mass is 10.2. The van der Waals surface area contributed by atoms with E-state index < -0.39 is 5.97 Å². The van der Waals surface area contributed by atoms with Gasteiger partial charge in [-0.2, -0.15) is 0 Å². The molecule has 0 saturated carbocycles. The van der Waals surface area contributed by atoms with Crippen molar-refractivity contribution in [2.24, 2.45) is 0 Å². The zero-order valence-electron chi connectivity index (χ0n) is 11.5. The number of hydrogen-bond acceptors (Lipinski definition) is 5. The van der Waals surface area contributed by atoms with Crippen molar-refractivity contribution in [1.82, 2.24) is 20.1 Å². The Labute approximate surface area is 121 Å². The zero-order valence-corrected chi connectivity index (χ0v) is 12.3. The molecule has 1 aliphatic heterocycles. The summed E-state index contributed by atoms with van der Waals surface area (Å²) in [4.78, 5) is 30.7. The van der Waals surface area contributed by atoms with Crippen LogP contribution in [0.15, 0.2) is 5.38 Å². The first-order valence-electron chi connectivity index (χ1n) is 6.38. The Hall–Kier alpha value is -1.67. The van der Waals surface area contributed by atoms with Crippen molar-refractivity contribution in [1.29, 1.82) is 0 Å². The van der Waals surface area contributed by atoms with Crippen LogP contribution in [-0.4, -0.2) is 64.6 Å². The number of urea groups is 1. The van der Waals surface area contributed by atoms with Crippen LogP contribution in [-0.2, 0) is 6.54 Å². The summed E-state index contributed by atoms with van der Waals surface area (Å²) in [5, 5.41) is 13.6. The van der Waals surface area contributed by atoms with Gasteiger partial charge in [0.2, 0.25) is 0 Å². The SMILES string of the molecule is CC1CN(C)CCN1C(=O)NCc1nc(C(=O)O)cs1. The molecule has 2 rings (SSSR count). The van der Waals surface area contributed by atoms with Crippen molar-refractivity contribution < 1.29 is 14.7 Å². The number of carbonyl (C=O) groups is 2. The van der Waals surface area contributed by atoms with E-state index in [1.165, 1.54) is 16.7 Å². The summed E-state index contributed by atoms with van der Waals surface area (Å²) in [6, 6.07) is 0.0392. The Morgan fingerprint density at radius 1 is 1.55 bits per heavy atom. The largest absolute Gasteiger partial charge is 0.476 e. The molecule has 2 heterocycles. The van der Waals surface area contributed by atoms with Crippen molar-refractivity contribution in [3.05, 3.63) is 16.1 Å². The minimum absolute atomic E-state index is 0.0206. The highest BCUT2D eigenvalue weighted by molar-refractivity contribution is 7.09. The number of aromatic nitrogens is 1. The Balaban J connectivity index is 1.86. The standard InChI is InChI=1S/C12H18N4O3S/c1-8-6-15(2)3-4-16(8)12(19)13-5-10-14-9(7-20-10)11(17)18/h7-8H,3-6H2,1-2H3,(H,13,19)(H,17,18). The molecule has 1 aromatic heterocycles. The second kappa shape index (κ2) is 6.19. The quantitative estimate of drug-likeness (QED) is 0.857. The third-order valence-corrected chi connectivity index (χ3v) is 4.10. The van der Waals surface area contributed by atoms with Gasteiger partial charge < -0.3 is 20.2 Å². The number of nitrogens with one attached hydrogen (secondary N) is 1. The minimum atomic E-state index is -1.05. The molecule has 2 N–H and O–H groups in total. The minimum Gasteiger partial charge on any atom is -0.476 e. The van der Waals surface area contributed by atoms with Gasteiger partial charge in [-0.25, -0.2) is 14.6 Å². The summed E-state index contributed by atoms with van der Waals surface area (Å²) in [5.74, 6) is -1.05. The van der Waals surface area contributed by atoms with Gasteiger partial charge in [0.15, 0.2) is 5.69 Å². The average Bonchev–Trinajstić information content (AvgIpc) is 2.85. The predicted octanol–water partition coefficient (Wildman–Crippen LogP) is 0.687. The van der Waals surface area contributed by atoms with Gasteiger partial charge in [0.1, 0.15) is 5.01 Å². The number of thiazole rings is 1. The number of aromatic carboxylic acids is 1. The van der Waals surface area contributed by atoms with E-state index in [1.807, 2.05) is 14.0 Å². The lowest BCUT2D eigenvalue weighted by molar-refractivity contribution is 0.0691. The lowest BCUT2D eigenvalue weighted by Crippen LogP contribution is -2.55. The Morgan fingerprint density at radius 3 is 2.90 bits per heavy atom. The first-order valence-corrected chi connectivity index (χ1v) is 7.26. The van der Waals surface area contributed by atoms with Crippen molar-refractivity contribution in [3.63, 3.8) is 0 Å². The molecule has 2 amide bonds. The topological polar surface area (TPSA) is 85.8 Å². The maximum Gasteiger partial charge on any atom is 0.355 e. The number of piperazine rings is 1.